The lowest BCUT2D eigenvalue weighted by Crippen LogP contribution is -2.33. The minimum atomic E-state index is 0.409. The van der Waals surface area contributed by atoms with Crippen LogP contribution in [0.25, 0.3) is 0 Å². The molecule has 1 radical (unpaired) electrons. The fourth-order valence-corrected chi connectivity index (χ4v) is 2.89. The molecule has 0 aliphatic carbocycles. The molecule has 0 aromatic rings. The van der Waals surface area contributed by atoms with Gasteiger partial charge in [0.25, 0.3) is 0 Å². The Hall–Kier alpha value is 0.895. The van der Waals surface area contributed by atoms with Gasteiger partial charge in [0.2, 0.25) is 4.82 Å². The number of halogens is 1. The molecule has 11 heavy (non-hydrogen) atoms. The summed E-state index contributed by atoms with van der Waals surface area (Å²) in [6.07, 6.45) is 4.59. The van der Waals surface area contributed by atoms with Gasteiger partial charge in [0.1, 0.15) is 0 Å². The summed E-state index contributed by atoms with van der Waals surface area (Å²) in [4.78, 5) is 0.648. The van der Waals surface area contributed by atoms with Crippen LogP contribution in [0.3, 0.4) is 0 Å². The maximum atomic E-state index is 3.78. The zero-order valence-corrected chi connectivity index (χ0v) is 10.8. The first kappa shape index (κ1) is 11.9. The van der Waals surface area contributed by atoms with Crippen LogP contribution in [0.5, 0.6) is 0 Å². The van der Waals surface area contributed by atoms with E-state index < -0.39 is 0 Å². The lowest BCUT2D eigenvalue weighted by atomic mass is 9.63. The maximum Gasteiger partial charge on any atom is 0.216 e. The van der Waals surface area contributed by atoms with E-state index in [0.29, 0.717) is 20.9 Å². The van der Waals surface area contributed by atoms with Crippen LogP contribution < -0.4 is 0 Å². The molecule has 0 atom stereocenters. The van der Waals surface area contributed by atoms with E-state index in [1.807, 2.05) is 0 Å². The SMILES string of the molecule is CC(C)C(C)(C)[B-](Br)[S+](C)C. The third-order valence-corrected chi connectivity index (χ3v) is 7.35. The highest BCUT2D eigenvalue weighted by Crippen LogP contribution is 2.41. The molecule has 0 nitrogen and oxygen atoms in total. The number of hydrogen-bond donors (Lipinski definition) is 0. The third-order valence-electron chi connectivity index (χ3n) is 2.49. The summed E-state index contributed by atoms with van der Waals surface area (Å²) in [5, 5.41) is 0.409. The molecule has 0 aromatic carbocycles. The van der Waals surface area contributed by atoms with E-state index in [1.54, 1.807) is 0 Å². The van der Waals surface area contributed by atoms with Gasteiger partial charge < -0.3 is 15.8 Å². The first-order valence-corrected chi connectivity index (χ1v) is 7.02. The number of rotatable bonds is 3. The molecule has 3 heteroatoms. The Bertz CT molecular complexity index is 123. The van der Waals surface area contributed by atoms with Gasteiger partial charge in [-0.3, -0.25) is 0 Å². The van der Waals surface area contributed by atoms with Gasteiger partial charge in [0.05, 0.1) is 12.5 Å². The Morgan fingerprint density at radius 3 is 1.73 bits per heavy atom. The summed E-state index contributed by atoms with van der Waals surface area (Å²) in [5.41, 5.74) is 0. The second kappa shape index (κ2) is 4.22. The fraction of sp³-hybridized carbons (Fsp3) is 1.00. The van der Waals surface area contributed by atoms with Crippen molar-refractivity contribution in [2.75, 3.05) is 12.5 Å². The van der Waals surface area contributed by atoms with Crippen LogP contribution in [0, 0.1) is 5.92 Å². The fourth-order valence-electron chi connectivity index (χ4n) is 0.870. The first-order chi connectivity index (χ1) is 4.80. The highest BCUT2D eigenvalue weighted by molar-refractivity contribution is 9.29. The minimum Gasteiger partial charge on any atom is -0.317 e. The minimum absolute atomic E-state index is 0.409. The summed E-state index contributed by atoms with van der Waals surface area (Å²) in [6, 6.07) is 0. The van der Waals surface area contributed by atoms with E-state index in [2.05, 4.69) is 56.0 Å². The van der Waals surface area contributed by atoms with E-state index >= 15 is 0 Å². The molecule has 0 aliphatic rings. The van der Waals surface area contributed by atoms with Crippen molar-refractivity contribution in [3.05, 3.63) is 0 Å². The molecule has 0 rings (SSSR count). The molecule has 0 amide bonds. The normalized spacial score (nSPS) is 13.6. The third kappa shape index (κ3) is 3.02. The van der Waals surface area contributed by atoms with Gasteiger partial charge in [-0.2, -0.15) is 0 Å². The average Bonchev–Trinajstić information content (AvgIpc) is 1.85. The summed E-state index contributed by atoms with van der Waals surface area (Å²) >= 11 is 3.78. The Morgan fingerprint density at radius 2 is 1.64 bits per heavy atom. The Labute approximate surface area is 82.8 Å². The van der Waals surface area contributed by atoms with Crippen molar-refractivity contribution in [2.24, 2.45) is 5.92 Å². The van der Waals surface area contributed by atoms with Crippen molar-refractivity contribution in [1.29, 1.82) is 0 Å². The van der Waals surface area contributed by atoms with E-state index in [-0.39, 0.29) is 0 Å². The standard InChI is InChI=1S/C8H19BBrS/c1-7(2)8(3,4)9(10)11(5)6/h7H,1-6H3. The lowest BCUT2D eigenvalue weighted by Gasteiger charge is -2.39. The van der Waals surface area contributed by atoms with Gasteiger partial charge in [-0.1, -0.05) is 33.6 Å². The molecule has 0 heterocycles. The van der Waals surface area contributed by atoms with Gasteiger partial charge in [0.15, 0.2) is 0 Å². The van der Waals surface area contributed by atoms with Gasteiger partial charge in [-0.25, -0.2) is 10.7 Å². The van der Waals surface area contributed by atoms with Crippen LogP contribution in [0.15, 0.2) is 0 Å². The molecule has 0 bridgehead atoms. The predicted octanol–water partition coefficient (Wildman–Crippen LogP) is 3.18. The summed E-state index contributed by atoms with van der Waals surface area (Å²) in [6.45, 7) is 9.26. The van der Waals surface area contributed by atoms with Gasteiger partial charge in [0, 0.05) is 0 Å². The zero-order valence-electron chi connectivity index (χ0n) is 8.44. The lowest BCUT2D eigenvalue weighted by molar-refractivity contribution is 0.477. The van der Waals surface area contributed by atoms with Gasteiger partial charge in [-0.15, -0.1) is 5.31 Å². The second-order valence-corrected chi connectivity index (χ2v) is 7.92. The Morgan fingerprint density at radius 1 is 1.27 bits per heavy atom. The second-order valence-electron chi connectivity index (χ2n) is 4.17. The molecule has 0 aliphatic heterocycles. The topological polar surface area (TPSA) is 0 Å². The first-order valence-electron chi connectivity index (χ1n) is 4.00. The predicted molar refractivity (Wildman–Crippen MR) is 62.8 cm³/mol. The highest BCUT2D eigenvalue weighted by atomic mass is 79.9. The number of hydrogen-bond acceptors (Lipinski definition) is 0. The van der Waals surface area contributed by atoms with Gasteiger partial charge >= 0.3 is 0 Å². The van der Waals surface area contributed by atoms with Crippen molar-refractivity contribution < 1.29 is 0 Å². The van der Waals surface area contributed by atoms with Crippen LogP contribution >= 0.6 is 15.8 Å². The van der Waals surface area contributed by atoms with Crippen LogP contribution in [0.4, 0.5) is 0 Å². The monoisotopic (exact) mass is 237 g/mol. The molecule has 0 saturated carbocycles. The van der Waals surface area contributed by atoms with Crippen LogP contribution in [-0.4, -0.2) is 17.3 Å². The van der Waals surface area contributed by atoms with Crippen LogP contribution in [-0.2, 0) is 10.7 Å². The van der Waals surface area contributed by atoms with E-state index in [0.717, 1.165) is 5.92 Å². The van der Waals surface area contributed by atoms with E-state index in [4.69, 9.17) is 0 Å². The smallest absolute Gasteiger partial charge is 0.216 e. The van der Waals surface area contributed by atoms with Crippen molar-refractivity contribution in [1.82, 2.24) is 0 Å². The van der Waals surface area contributed by atoms with Crippen LogP contribution in [0.2, 0.25) is 5.31 Å². The van der Waals surface area contributed by atoms with Crippen molar-refractivity contribution in [3.8, 4) is 0 Å². The maximum absolute atomic E-state index is 3.78. The molecular formula is C8H19BBrS. The van der Waals surface area contributed by atoms with Crippen LogP contribution in [0.1, 0.15) is 27.7 Å². The molecule has 0 aromatic heterocycles. The summed E-state index contributed by atoms with van der Waals surface area (Å²) in [5.74, 6) is 0.738. The highest BCUT2D eigenvalue weighted by Gasteiger charge is 2.30. The van der Waals surface area contributed by atoms with E-state index in [9.17, 15) is 0 Å². The summed E-state index contributed by atoms with van der Waals surface area (Å²) in [7, 11) is 0.466. The molecule has 0 spiro atoms. The summed E-state index contributed by atoms with van der Waals surface area (Å²) < 4.78 is 0. The molecular weight excluding hydrogens is 219 g/mol. The average molecular weight is 238 g/mol. The largest absolute Gasteiger partial charge is 0.317 e. The quantitative estimate of drug-likeness (QED) is 0.523. The van der Waals surface area contributed by atoms with Crippen molar-refractivity contribution in [3.63, 3.8) is 0 Å². The molecule has 0 saturated heterocycles. The van der Waals surface area contributed by atoms with Crippen molar-refractivity contribution >= 4 is 31.3 Å². The molecule has 0 fully saturated rings. The Kier molecular flexibility index (Phi) is 4.57. The van der Waals surface area contributed by atoms with E-state index in [1.165, 1.54) is 0 Å². The Balaban J connectivity index is 4.29. The molecule has 0 N–H and O–H groups in total. The zero-order chi connectivity index (χ0) is 9.23. The van der Waals surface area contributed by atoms with Gasteiger partial charge in [-0.05, 0) is 0 Å². The molecule has 0 unspecified atom stereocenters. The van der Waals surface area contributed by atoms with Crippen molar-refractivity contribution in [2.45, 2.75) is 33.0 Å². The molecule has 67 valence electrons.